The van der Waals surface area contributed by atoms with E-state index in [0.717, 1.165) is 42.5 Å². The van der Waals surface area contributed by atoms with Crippen LogP contribution < -0.4 is 5.32 Å². The second kappa shape index (κ2) is 9.98. The van der Waals surface area contributed by atoms with Crippen molar-refractivity contribution in [3.8, 4) is 22.9 Å². The normalized spacial score (nSPS) is 18.1. The van der Waals surface area contributed by atoms with Crippen LogP contribution in [0.4, 0.5) is 4.39 Å². The van der Waals surface area contributed by atoms with Gasteiger partial charge in [0.1, 0.15) is 33.5 Å². The fourth-order valence-corrected chi connectivity index (χ4v) is 5.78. The van der Waals surface area contributed by atoms with Crippen molar-refractivity contribution in [2.75, 3.05) is 0 Å². The van der Waals surface area contributed by atoms with Gasteiger partial charge in [0, 0.05) is 12.1 Å². The minimum atomic E-state index is -0.346. The number of carbonyl (C=O) groups excluding carboxylic acids is 1. The summed E-state index contributed by atoms with van der Waals surface area (Å²) in [5.74, 6) is 0.495. The summed E-state index contributed by atoms with van der Waals surface area (Å²) in [6, 6.07) is 8.43. The SMILES string of the molecule is O=C(N[C@H]1CCCC[C@@H](n2c(-c3ccccc3F)nc3cnc(-c4nnc[nH]4)cc32)C1)c1ncc(Cl)s1. The van der Waals surface area contributed by atoms with E-state index in [0.29, 0.717) is 44.2 Å². The molecule has 4 heterocycles. The zero-order chi connectivity index (χ0) is 25.4. The average Bonchev–Trinajstić information content (AvgIpc) is 3.62. The first-order valence-electron chi connectivity index (χ1n) is 12.0. The molecule has 6 rings (SSSR count). The molecule has 0 spiro atoms. The molecular formula is C25H22ClFN8OS. The number of benzene rings is 1. The van der Waals surface area contributed by atoms with Crippen LogP contribution in [0.2, 0.25) is 4.34 Å². The number of H-pyrrole nitrogens is 1. The number of thiazole rings is 1. The van der Waals surface area contributed by atoms with E-state index in [1.807, 2.05) is 6.07 Å². The lowest BCUT2D eigenvalue weighted by Gasteiger charge is -2.24. The lowest BCUT2D eigenvalue weighted by Crippen LogP contribution is -2.36. The van der Waals surface area contributed by atoms with Crippen LogP contribution in [-0.4, -0.2) is 46.6 Å². The third-order valence-electron chi connectivity index (χ3n) is 6.62. The highest BCUT2D eigenvalue weighted by atomic mass is 35.5. The largest absolute Gasteiger partial charge is 0.347 e. The molecular weight excluding hydrogens is 515 g/mol. The highest BCUT2D eigenvalue weighted by Crippen LogP contribution is 2.37. The van der Waals surface area contributed by atoms with Gasteiger partial charge in [0.2, 0.25) is 0 Å². The predicted octanol–water partition coefficient (Wildman–Crippen LogP) is 5.44. The van der Waals surface area contributed by atoms with Gasteiger partial charge in [0.25, 0.3) is 5.91 Å². The Hall–Kier alpha value is -3.70. The number of carbonyl (C=O) groups is 1. The Morgan fingerprint density at radius 1 is 1.19 bits per heavy atom. The molecule has 9 nitrogen and oxygen atoms in total. The Morgan fingerprint density at radius 2 is 2.05 bits per heavy atom. The van der Waals surface area contributed by atoms with Crippen molar-refractivity contribution >= 4 is 39.9 Å². The van der Waals surface area contributed by atoms with Crippen molar-refractivity contribution in [2.24, 2.45) is 0 Å². The maximum atomic E-state index is 15.0. The number of amides is 1. The first-order chi connectivity index (χ1) is 18.1. The van der Waals surface area contributed by atoms with Crippen molar-refractivity contribution in [3.63, 3.8) is 0 Å². The van der Waals surface area contributed by atoms with Gasteiger partial charge in [-0.2, -0.15) is 0 Å². The number of pyridine rings is 1. The molecule has 0 aliphatic heterocycles. The molecule has 1 saturated carbocycles. The van der Waals surface area contributed by atoms with Crippen LogP contribution in [0.25, 0.3) is 33.9 Å². The van der Waals surface area contributed by atoms with Gasteiger partial charge in [-0.15, -0.1) is 10.2 Å². The number of aromatic nitrogens is 7. The van der Waals surface area contributed by atoms with Crippen LogP contribution in [-0.2, 0) is 0 Å². The van der Waals surface area contributed by atoms with E-state index in [2.05, 4.69) is 35.0 Å². The van der Waals surface area contributed by atoms with Crippen molar-refractivity contribution in [1.29, 1.82) is 0 Å². The number of imidazole rings is 1. The van der Waals surface area contributed by atoms with Gasteiger partial charge in [-0.05, 0) is 37.5 Å². The number of hydrogen-bond acceptors (Lipinski definition) is 7. The Kier molecular flexibility index (Phi) is 6.39. The van der Waals surface area contributed by atoms with E-state index >= 15 is 4.39 Å². The van der Waals surface area contributed by atoms with E-state index in [-0.39, 0.29) is 23.8 Å². The number of nitrogens with one attached hydrogen (secondary N) is 2. The molecule has 1 fully saturated rings. The van der Waals surface area contributed by atoms with E-state index in [1.165, 1.54) is 18.6 Å². The third kappa shape index (κ3) is 4.72. The maximum absolute atomic E-state index is 15.0. The fraction of sp³-hybridized carbons (Fsp3) is 0.280. The molecule has 0 saturated heterocycles. The molecule has 0 unspecified atom stereocenters. The van der Waals surface area contributed by atoms with E-state index in [9.17, 15) is 4.79 Å². The van der Waals surface area contributed by atoms with E-state index in [1.54, 1.807) is 24.4 Å². The van der Waals surface area contributed by atoms with Crippen LogP contribution in [0.15, 0.2) is 49.1 Å². The van der Waals surface area contributed by atoms with Crippen LogP contribution in [0.5, 0.6) is 0 Å². The molecule has 188 valence electrons. The summed E-state index contributed by atoms with van der Waals surface area (Å²) in [4.78, 5) is 29.2. The summed E-state index contributed by atoms with van der Waals surface area (Å²) in [6.45, 7) is 0. The van der Waals surface area contributed by atoms with Crippen LogP contribution >= 0.6 is 22.9 Å². The minimum absolute atomic E-state index is 0.0303. The van der Waals surface area contributed by atoms with Crippen molar-refractivity contribution in [2.45, 2.75) is 44.2 Å². The van der Waals surface area contributed by atoms with Gasteiger partial charge in [-0.3, -0.25) is 9.78 Å². The van der Waals surface area contributed by atoms with E-state index < -0.39 is 0 Å². The minimum Gasteiger partial charge on any atom is -0.347 e. The molecule has 37 heavy (non-hydrogen) atoms. The second-order valence-electron chi connectivity index (χ2n) is 8.99. The molecule has 1 aliphatic rings. The molecule has 1 aromatic carbocycles. The Morgan fingerprint density at radius 3 is 2.84 bits per heavy atom. The van der Waals surface area contributed by atoms with E-state index in [4.69, 9.17) is 16.6 Å². The Bertz CT molecular complexity index is 1570. The second-order valence-corrected chi connectivity index (χ2v) is 10.7. The summed E-state index contributed by atoms with van der Waals surface area (Å²) in [7, 11) is 0. The molecule has 4 aromatic heterocycles. The summed E-state index contributed by atoms with van der Waals surface area (Å²) < 4.78 is 17.6. The lowest BCUT2D eigenvalue weighted by atomic mass is 10.0. The predicted molar refractivity (Wildman–Crippen MR) is 139 cm³/mol. The van der Waals surface area contributed by atoms with Crippen LogP contribution in [0.3, 0.4) is 0 Å². The molecule has 2 N–H and O–H groups in total. The molecule has 1 aliphatic carbocycles. The molecule has 2 atom stereocenters. The Labute approximate surface area is 220 Å². The lowest BCUT2D eigenvalue weighted by molar-refractivity contribution is 0.0930. The third-order valence-corrected chi connectivity index (χ3v) is 7.73. The smallest absolute Gasteiger partial charge is 0.280 e. The fourth-order valence-electron chi connectivity index (χ4n) is 4.97. The van der Waals surface area contributed by atoms with Gasteiger partial charge in [0.15, 0.2) is 10.8 Å². The van der Waals surface area contributed by atoms with Gasteiger partial charge in [-0.25, -0.2) is 14.4 Å². The number of hydrogen-bond donors (Lipinski definition) is 2. The zero-order valence-electron chi connectivity index (χ0n) is 19.6. The maximum Gasteiger partial charge on any atom is 0.280 e. The summed E-state index contributed by atoms with van der Waals surface area (Å²) >= 11 is 7.13. The molecule has 0 radical (unpaired) electrons. The quantitative estimate of drug-likeness (QED) is 0.289. The van der Waals surface area contributed by atoms with Crippen molar-refractivity contribution in [1.82, 2.24) is 40.0 Å². The summed E-state index contributed by atoms with van der Waals surface area (Å²) in [6.07, 6.45) is 8.96. The zero-order valence-corrected chi connectivity index (χ0v) is 21.1. The molecule has 12 heteroatoms. The highest BCUT2D eigenvalue weighted by Gasteiger charge is 2.28. The average molecular weight is 537 g/mol. The standard InChI is InChI=1S/C25H22ClFN8OS/c26-21-12-29-25(37-21)24(36)32-14-5-1-2-6-15(9-14)35-20-10-18(22-30-13-31-34-22)28-11-19(20)33-23(35)16-7-3-4-8-17(16)27/h3-4,7-8,10-15H,1-2,5-6,9H2,(H,32,36)(H,30,31,34)/t14-,15+/m0/s1. The molecule has 1 amide bonds. The van der Waals surface area contributed by atoms with Crippen LogP contribution in [0.1, 0.15) is 47.9 Å². The molecule has 0 bridgehead atoms. The van der Waals surface area contributed by atoms with Gasteiger partial charge >= 0.3 is 0 Å². The van der Waals surface area contributed by atoms with Gasteiger partial charge < -0.3 is 14.9 Å². The van der Waals surface area contributed by atoms with Crippen molar-refractivity contribution in [3.05, 3.63) is 64.2 Å². The molecule has 5 aromatic rings. The number of aromatic amines is 1. The van der Waals surface area contributed by atoms with Gasteiger partial charge in [0.05, 0.1) is 23.5 Å². The highest BCUT2D eigenvalue weighted by molar-refractivity contribution is 7.17. The van der Waals surface area contributed by atoms with Crippen molar-refractivity contribution < 1.29 is 9.18 Å². The number of halogens is 2. The summed E-state index contributed by atoms with van der Waals surface area (Å²) in [5.41, 5.74) is 2.51. The topological polar surface area (TPSA) is 114 Å². The number of rotatable bonds is 5. The Balaban J connectivity index is 1.42. The van der Waals surface area contributed by atoms with Crippen LogP contribution in [0, 0.1) is 5.82 Å². The monoisotopic (exact) mass is 536 g/mol. The first-order valence-corrected chi connectivity index (χ1v) is 13.2. The van der Waals surface area contributed by atoms with Gasteiger partial charge in [-0.1, -0.05) is 47.9 Å². The summed E-state index contributed by atoms with van der Waals surface area (Å²) in [5, 5.41) is 11.4. The number of nitrogens with zero attached hydrogens (tertiary/aromatic N) is 6. The first kappa shape index (κ1) is 23.7. The number of fused-ring (bicyclic) bond motifs is 1.